The third kappa shape index (κ3) is 3.27. The molecular formula is C22H18BrNO3S. The number of Topliss-reactive ketones (excluding diaryl/α,β-unsaturated/α-hetero) is 1. The number of anilines is 1. The van der Waals surface area contributed by atoms with Gasteiger partial charge in [-0.05, 0) is 48.9 Å². The first kappa shape index (κ1) is 18.9. The number of rotatable bonds is 3. The summed E-state index contributed by atoms with van der Waals surface area (Å²) in [5.41, 5.74) is 2.62. The monoisotopic (exact) mass is 455 g/mol. The Morgan fingerprint density at radius 3 is 2.25 bits per heavy atom. The number of hydrogen-bond acceptors (Lipinski definition) is 3. The van der Waals surface area contributed by atoms with E-state index in [2.05, 4.69) is 15.9 Å². The van der Waals surface area contributed by atoms with Gasteiger partial charge in [0.05, 0.1) is 16.6 Å². The summed E-state index contributed by atoms with van der Waals surface area (Å²) in [4.78, 5) is 13.0. The number of aryl methyl sites for hydroxylation is 1. The molecular weight excluding hydrogens is 438 g/mol. The molecule has 3 aromatic carbocycles. The van der Waals surface area contributed by atoms with E-state index >= 15 is 0 Å². The molecule has 1 heterocycles. The summed E-state index contributed by atoms with van der Waals surface area (Å²) in [5.74, 6) is -0.0566. The zero-order valence-corrected chi connectivity index (χ0v) is 17.6. The Morgan fingerprint density at radius 1 is 0.929 bits per heavy atom. The Morgan fingerprint density at radius 2 is 1.57 bits per heavy atom. The highest BCUT2D eigenvalue weighted by Crippen LogP contribution is 2.42. The quantitative estimate of drug-likeness (QED) is 0.539. The second-order valence-corrected chi connectivity index (χ2v) is 9.56. The van der Waals surface area contributed by atoms with Crippen molar-refractivity contribution < 1.29 is 13.2 Å². The number of fused-ring (bicyclic) bond motifs is 1. The van der Waals surface area contributed by atoms with E-state index < -0.39 is 16.1 Å². The predicted octanol–water partition coefficient (Wildman–Crippen LogP) is 5.28. The van der Waals surface area contributed by atoms with E-state index in [0.29, 0.717) is 11.3 Å². The van der Waals surface area contributed by atoms with Crippen molar-refractivity contribution in [2.75, 3.05) is 4.31 Å². The number of halogens is 1. The molecule has 28 heavy (non-hydrogen) atoms. The summed E-state index contributed by atoms with van der Waals surface area (Å²) in [6.45, 7) is 1.91. The van der Waals surface area contributed by atoms with Gasteiger partial charge >= 0.3 is 0 Å². The zero-order valence-electron chi connectivity index (χ0n) is 15.2. The summed E-state index contributed by atoms with van der Waals surface area (Å²) >= 11 is 3.41. The maximum Gasteiger partial charge on any atom is 0.264 e. The molecule has 1 aliphatic rings. The summed E-state index contributed by atoms with van der Waals surface area (Å²) < 4.78 is 29.5. The molecule has 0 radical (unpaired) electrons. The maximum absolute atomic E-state index is 13.6. The molecule has 0 aromatic heterocycles. The molecule has 1 aliphatic heterocycles. The van der Waals surface area contributed by atoms with Crippen molar-refractivity contribution in [3.8, 4) is 0 Å². The van der Waals surface area contributed by atoms with Gasteiger partial charge in [-0.1, -0.05) is 57.9 Å². The molecule has 0 aliphatic carbocycles. The van der Waals surface area contributed by atoms with E-state index in [1.54, 1.807) is 48.5 Å². The Hall–Kier alpha value is -2.44. The van der Waals surface area contributed by atoms with Gasteiger partial charge in [0.1, 0.15) is 0 Å². The van der Waals surface area contributed by atoms with Crippen LogP contribution in [0.3, 0.4) is 0 Å². The number of para-hydroxylation sites is 1. The van der Waals surface area contributed by atoms with Crippen LogP contribution in [0.4, 0.5) is 5.69 Å². The minimum Gasteiger partial charge on any atom is -0.294 e. The van der Waals surface area contributed by atoms with Gasteiger partial charge < -0.3 is 0 Å². The average molecular weight is 456 g/mol. The molecule has 4 rings (SSSR count). The minimum atomic E-state index is -3.85. The van der Waals surface area contributed by atoms with Crippen molar-refractivity contribution in [1.29, 1.82) is 0 Å². The van der Waals surface area contributed by atoms with E-state index in [-0.39, 0.29) is 17.1 Å². The first-order valence-electron chi connectivity index (χ1n) is 8.87. The Labute approximate surface area is 173 Å². The van der Waals surface area contributed by atoms with Crippen LogP contribution in [-0.4, -0.2) is 14.2 Å². The predicted molar refractivity (Wildman–Crippen MR) is 113 cm³/mol. The van der Waals surface area contributed by atoms with Crippen LogP contribution in [0.2, 0.25) is 0 Å². The van der Waals surface area contributed by atoms with E-state index in [1.165, 1.54) is 4.31 Å². The Kier molecular flexibility index (Phi) is 4.85. The number of sulfonamides is 1. The topological polar surface area (TPSA) is 54.5 Å². The van der Waals surface area contributed by atoms with Crippen LogP contribution in [0, 0.1) is 6.92 Å². The molecule has 0 saturated carbocycles. The van der Waals surface area contributed by atoms with Crippen molar-refractivity contribution >= 4 is 37.4 Å². The van der Waals surface area contributed by atoms with Crippen LogP contribution in [0.5, 0.6) is 0 Å². The smallest absolute Gasteiger partial charge is 0.264 e. The van der Waals surface area contributed by atoms with Gasteiger partial charge in [0.2, 0.25) is 0 Å². The van der Waals surface area contributed by atoms with Crippen LogP contribution in [0.15, 0.2) is 82.2 Å². The molecule has 6 heteroatoms. The fraction of sp³-hybridized carbons (Fsp3) is 0.136. The molecule has 0 bridgehead atoms. The summed E-state index contributed by atoms with van der Waals surface area (Å²) in [7, 11) is -3.85. The largest absolute Gasteiger partial charge is 0.294 e. The van der Waals surface area contributed by atoms with Crippen molar-refractivity contribution in [1.82, 2.24) is 0 Å². The lowest BCUT2D eigenvalue weighted by Gasteiger charge is -2.37. The Balaban J connectivity index is 1.92. The molecule has 1 atom stereocenters. The van der Waals surface area contributed by atoms with Crippen LogP contribution in [0.1, 0.15) is 33.9 Å². The van der Waals surface area contributed by atoms with Crippen LogP contribution < -0.4 is 4.31 Å². The molecule has 4 nitrogen and oxygen atoms in total. The van der Waals surface area contributed by atoms with E-state index in [9.17, 15) is 13.2 Å². The first-order chi connectivity index (χ1) is 13.4. The van der Waals surface area contributed by atoms with Crippen molar-refractivity contribution in [3.05, 3.63) is 94.0 Å². The van der Waals surface area contributed by atoms with Gasteiger partial charge in [0, 0.05) is 16.5 Å². The molecule has 142 valence electrons. The minimum absolute atomic E-state index is 0.0566. The lowest BCUT2D eigenvalue weighted by atomic mass is 9.92. The van der Waals surface area contributed by atoms with E-state index in [1.807, 2.05) is 31.2 Å². The third-order valence-corrected chi connectivity index (χ3v) is 7.30. The normalized spacial score (nSPS) is 16.7. The van der Waals surface area contributed by atoms with Gasteiger partial charge in [-0.15, -0.1) is 0 Å². The van der Waals surface area contributed by atoms with Crippen molar-refractivity contribution in [2.24, 2.45) is 0 Å². The molecule has 3 aromatic rings. The number of carbonyl (C=O) groups excluding carboxylic acids is 1. The van der Waals surface area contributed by atoms with Crippen molar-refractivity contribution in [3.63, 3.8) is 0 Å². The maximum atomic E-state index is 13.6. The molecule has 0 N–H and O–H groups in total. The molecule has 0 spiro atoms. The van der Waals surface area contributed by atoms with Gasteiger partial charge in [-0.25, -0.2) is 8.42 Å². The van der Waals surface area contributed by atoms with E-state index in [0.717, 1.165) is 15.6 Å². The number of carbonyl (C=O) groups is 1. The average Bonchev–Trinajstić information content (AvgIpc) is 2.68. The number of benzene rings is 3. The Bertz CT molecular complexity index is 1140. The van der Waals surface area contributed by atoms with Gasteiger partial charge in [-0.3, -0.25) is 9.10 Å². The fourth-order valence-corrected chi connectivity index (χ4v) is 5.42. The lowest BCUT2D eigenvalue weighted by Crippen LogP contribution is -2.40. The summed E-state index contributed by atoms with van der Waals surface area (Å²) in [5, 5.41) is 0. The highest BCUT2D eigenvalue weighted by Gasteiger charge is 2.39. The van der Waals surface area contributed by atoms with Crippen molar-refractivity contribution in [2.45, 2.75) is 24.3 Å². The summed E-state index contributed by atoms with van der Waals surface area (Å²) in [6, 6.07) is 20.5. The van der Waals surface area contributed by atoms with Gasteiger partial charge in [0.15, 0.2) is 5.78 Å². The highest BCUT2D eigenvalue weighted by atomic mass is 79.9. The fourth-order valence-electron chi connectivity index (χ4n) is 3.50. The lowest BCUT2D eigenvalue weighted by molar-refractivity contribution is 0.0969. The zero-order chi connectivity index (χ0) is 19.9. The van der Waals surface area contributed by atoms with Gasteiger partial charge in [0.25, 0.3) is 10.0 Å². The third-order valence-electron chi connectivity index (χ3n) is 4.94. The number of hydrogen-bond donors (Lipinski definition) is 0. The molecule has 0 fully saturated rings. The molecule has 1 unspecified atom stereocenters. The molecule has 0 saturated heterocycles. The van der Waals surface area contributed by atoms with Crippen LogP contribution in [-0.2, 0) is 10.0 Å². The number of nitrogens with zero attached hydrogens (tertiary/aromatic N) is 1. The standard InChI is InChI=1S/C22H18BrNO3S/c1-15-6-12-18(13-7-15)28(26,27)24-20-5-3-2-4-19(20)22(25)14-21(24)16-8-10-17(23)11-9-16/h2-13,21H,14H2,1H3. The molecule has 0 amide bonds. The number of ketones is 1. The van der Waals surface area contributed by atoms with E-state index in [4.69, 9.17) is 0 Å². The van der Waals surface area contributed by atoms with Crippen LogP contribution in [0.25, 0.3) is 0 Å². The second kappa shape index (κ2) is 7.18. The first-order valence-corrected chi connectivity index (χ1v) is 11.1. The highest BCUT2D eigenvalue weighted by molar-refractivity contribution is 9.10. The van der Waals surface area contributed by atoms with Crippen LogP contribution >= 0.6 is 15.9 Å². The summed E-state index contributed by atoms with van der Waals surface area (Å²) in [6.07, 6.45) is 0.101. The SMILES string of the molecule is Cc1ccc(S(=O)(=O)N2c3ccccc3C(=O)CC2c2ccc(Br)cc2)cc1. The second-order valence-electron chi connectivity index (χ2n) is 6.83. The van der Waals surface area contributed by atoms with Gasteiger partial charge in [-0.2, -0.15) is 0 Å².